The van der Waals surface area contributed by atoms with Gasteiger partial charge >= 0.3 is 5.69 Å². The maximum Gasteiger partial charge on any atom is 0.372 e. The second-order valence-electron chi connectivity index (χ2n) is 4.06. The van der Waals surface area contributed by atoms with E-state index in [9.17, 15) is 10.1 Å². The molecular weight excluding hydrogens is 252 g/mol. The van der Waals surface area contributed by atoms with Gasteiger partial charge in [0.1, 0.15) is 6.61 Å². The van der Waals surface area contributed by atoms with Crippen molar-refractivity contribution in [2.75, 3.05) is 19.0 Å². The molecule has 0 fully saturated rings. The third kappa shape index (κ3) is 4.02. The third-order valence-electron chi connectivity index (χ3n) is 2.06. The number of aromatic nitrogens is 2. The second kappa shape index (κ2) is 6.83. The van der Waals surface area contributed by atoms with Gasteiger partial charge in [-0.05, 0) is 20.8 Å². The SMILES string of the molecule is CCOc1nc(COC)nc(NC(C)C)c1[N+](=O)[O-]. The standard InChI is InChI=1S/C11H18N4O4/c1-5-19-11-9(15(16)17)10(12-7(2)3)13-8(14-11)6-18-4/h7H,5-6H2,1-4H3,(H,12,13,14). The number of nitrogens with one attached hydrogen (secondary N) is 1. The van der Waals surface area contributed by atoms with Crippen LogP contribution in [0.15, 0.2) is 0 Å². The molecule has 0 spiro atoms. The summed E-state index contributed by atoms with van der Waals surface area (Å²) in [6.07, 6.45) is 0. The molecule has 0 saturated heterocycles. The van der Waals surface area contributed by atoms with Gasteiger partial charge < -0.3 is 14.8 Å². The summed E-state index contributed by atoms with van der Waals surface area (Å²) >= 11 is 0. The molecule has 1 N–H and O–H groups in total. The predicted octanol–water partition coefficient (Wildman–Crippen LogP) is 1.75. The number of hydrogen-bond donors (Lipinski definition) is 1. The third-order valence-corrected chi connectivity index (χ3v) is 2.06. The molecule has 0 aliphatic heterocycles. The molecule has 1 aromatic rings. The van der Waals surface area contributed by atoms with Gasteiger partial charge in [0.05, 0.1) is 11.5 Å². The predicted molar refractivity (Wildman–Crippen MR) is 69.3 cm³/mol. The van der Waals surface area contributed by atoms with Crippen LogP contribution in [0, 0.1) is 10.1 Å². The molecule has 0 unspecified atom stereocenters. The lowest BCUT2D eigenvalue weighted by atomic mass is 10.3. The number of ether oxygens (including phenoxy) is 2. The van der Waals surface area contributed by atoms with E-state index >= 15 is 0 Å². The van der Waals surface area contributed by atoms with Crippen LogP contribution in [0.25, 0.3) is 0 Å². The van der Waals surface area contributed by atoms with E-state index in [1.54, 1.807) is 6.92 Å². The van der Waals surface area contributed by atoms with Crippen molar-refractivity contribution in [1.29, 1.82) is 0 Å². The van der Waals surface area contributed by atoms with E-state index < -0.39 is 4.92 Å². The molecule has 8 nitrogen and oxygen atoms in total. The molecule has 0 aliphatic rings. The van der Waals surface area contributed by atoms with Crippen LogP contribution in [0.2, 0.25) is 0 Å². The van der Waals surface area contributed by atoms with Crippen LogP contribution in [-0.4, -0.2) is 34.6 Å². The second-order valence-corrected chi connectivity index (χ2v) is 4.06. The lowest BCUT2D eigenvalue weighted by Gasteiger charge is -2.12. The summed E-state index contributed by atoms with van der Waals surface area (Å²) in [4.78, 5) is 18.7. The highest BCUT2D eigenvalue weighted by Crippen LogP contribution is 2.32. The van der Waals surface area contributed by atoms with Crippen LogP contribution in [-0.2, 0) is 11.3 Å². The van der Waals surface area contributed by atoms with Crippen molar-refractivity contribution in [2.45, 2.75) is 33.4 Å². The molecule has 0 aliphatic carbocycles. The van der Waals surface area contributed by atoms with Gasteiger partial charge in [0, 0.05) is 13.2 Å². The topological polar surface area (TPSA) is 99.4 Å². The highest BCUT2D eigenvalue weighted by atomic mass is 16.6. The average Bonchev–Trinajstić information content (AvgIpc) is 2.28. The molecule has 19 heavy (non-hydrogen) atoms. The smallest absolute Gasteiger partial charge is 0.372 e. The number of anilines is 1. The van der Waals surface area contributed by atoms with E-state index in [0.717, 1.165) is 0 Å². The molecule has 1 heterocycles. The summed E-state index contributed by atoms with van der Waals surface area (Å²) in [5.74, 6) is 0.433. The maximum atomic E-state index is 11.1. The average molecular weight is 270 g/mol. The van der Waals surface area contributed by atoms with Crippen molar-refractivity contribution in [1.82, 2.24) is 9.97 Å². The zero-order valence-corrected chi connectivity index (χ0v) is 11.5. The first-order valence-electron chi connectivity index (χ1n) is 5.93. The van der Waals surface area contributed by atoms with Crippen LogP contribution < -0.4 is 10.1 Å². The summed E-state index contributed by atoms with van der Waals surface area (Å²) in [6, 6.07) is -0.00142. The minimum absolute atomic E-state index is 0.00142. The Morgan fingerprint density at radius 2 is 2.11 bits per heavy atom. The van der Waals surface area contributed by atoms with Crippen LogP contribution in [0.4, 0.5) is 11.5 Å². The molecule has 8 heteroatoms. The molecule has 106 valence electrons. The fraction of sp³-hybridized carbons (Fsp3) is 0.636. The fourth-order valence-corrected chi connectivity index (χ4v) is 1.45. The van der Waals surface area contributed by atoms with Crippen molar-refractivity contribution in [3.63, 3.8) is 0 Å². The van der Waals surface area contributed by atoms with Gasteiger partial charge in [0.15, 0.2) is 5.82 Å². The fourth-order valence-electron chi connectivity index (χ4n) is 1.45. The van der Waals surface area contributed by atoms with Crippen LogP contribution in [0.1, 0.15) is 26.6 Å². The van der Waals surface area contributed by atoms with Crippen LogP contribution in [0.5, 0.6) is 5.88 Å². The number of rotatable bonds is 7. The summed E-state index contributed by atoms with van der Waals surface area (Å²) in [6.45, 7) is 5.90. The molecule has 0 aromatic carbocycles. The van der Waals surface area contributed by atoms with Gasteiger partial charge in [-0.15, -0.1) is 0 Å². The molecule has 0 radical (unpaired) electrons. The minimum atomic E-state index is -0.549. The highest BCUT2D eigenvalue weighted by Gasteiger charge is 2.26. The van der Waals surface area contributed by atoms with Gasteiger partial charge in [-0.3, -0.25) is 10.1 Å². The van der Waals surface area contributed by atoms with Crippen LogP contribution >= 0.6 is 0 Å². The molecule has 1 rings (SSSR count). The Hall–Kier alpha value is -1.96. The van der Waals surface area contributed by atoms with E-state index in [2.05, 4.69) is 15.3 Å². The number of nitro groups is 1. The van der Waals surface area contributed by atoms with Gasteiger partial charge in [-0.2, -0.15) is 4.98 Å². The first-order chi connectivity index (χ1) is 8.99. The molecule has 0 bridgehead atoms. The first-order valence-corrected chi connectivity index (χ1v) is 5.93. The lowest BCUT2D eigenvalue weighted by molar-refractivity contribution is -0.385. The van der Waals surface area contributed by atoms with Crippen molar-refractivity contribution in [2.24, 2.45) is 0 Å². The van der Waals surface area contributed by atoms with E-state index in [-0.39, 0.29) is 36.6 Å². The lowest BCUT2D eigenvalue weighted by Crippen LogP contribution is -2.16. The Labute approximate surface area is 111 Å². The van der Waals surface area contributed by atoms with Crippen LogP contribution in [0.3, 0.4) is 0 Å². The van der Waals surface area contributed by atoms with Gasteiger partial charge in [-0.25, -0.2) is 4.98 Å². The van der Waals surface area contributed by atoms with E-state index in [0.29, 0.717) is 5.82 Å². The Balaban J connectivity index is 3.32. The normalized spacial score (nSPS) is 10.6. The largest absolute Gasteiger partial charge is 0.473 e. The zero-order chi connectivity index (χ0) is 14.4. The Morgan fingerprint density at radius 3 is 2.58 bits per heavy atom. The number of nitrogens with zero attached hydrogens (tertiary/aromatic N) is 3. The van der Waals surface area contributed by atoms with E-state index in [1.165, 1.54) is 7.11 Å². The zero-order valence-electron chi connectivity index (χ0n) is 11.5. The van der Waals surface area contributed by atoms with Crippen molar-refractivity contribution < 1.29 is 14.4 Å². The summed E-state index contributed by atoms with van der Waals surface area (Å²) in [7, 11) is 1.50. The van der Waals surface area contributed by atoms with Crippen molar-refractivity contribution in [3.8, 4) is 5.88 Å². The Morgan fingerprint density at radius 1 is 1.42 bits per heavy atom. The van der Waals surface area contributed by atoms with Crippen molar-refractivity contribution >= 4 is 11.5 Å². The van der Waals surface area contributed by atoms with Gasteiger partial charge in [0.25, 0.3) is 5.88 Å². The van der Waals surface area contributed by atoms with Crippen molar-refractivity contribution in [3.05, 3.63) is 15.9 Å². The molecular formula is C11H18N4O4. The number of hydrogen-bond acceptors (Lipinski definition) is 7. The first kappa shape index (κ1) is 15.1. The maximum absolute atomic E-state index is 11.1. The Bertz CT molecular complexity index is 451. The van der Waals surface area contributed by atoms with E-state index in [4.69, 9.17) is 9.47 Å². The summed E-state index contributed by atoms with van der Waals surface area (Å²) < 4.78 is 10.2. The quantitative estimate of drug-likeness (QED) is 0.595. The molecule has 1 aromatic heterocycles. The summed E-state index contributed by atoms with van der Waals surface area (Å²) in [5, 5.41) is 14.1. The van der Waals surface area contributed by atoms with Gasteiger partial charge in [-0.1, -0.05) is 0 Å². The molecule has 0 saturated carbocycles. The number of methoxy groups -OCH3 is 1. The summed E-state index contributed by atoms with van der Waals surface area (Å²) in [5.41, 5.74) is -0.254. The monoisotopic (exact) mass is 270 g/mol. The molecule has 0 atom stereocenters. The minimum Gasteiger partial charge on any atom is -0.473 e. The molecule has 0 amide bonds. The van der Waals surface area contributed by atoms with E-state index in [1.807, 2.05) is 13.8 Å². The van der Waals surface area contributed by atoms with Gasteiger partial charge in [0.2, 0.25) is 5.82 Å². The Kier molecular flexibility index (Phi) is 5.43. The highest BCUT2D eigenvalue weighted by molar-refractivity contribution is 5.62.